The summed E-state index contributed by atoms with van der Waals surface area (Å²) in [7, 11) is 0. The van der Waals surface area contributed by atoms with Crippen molar-refractivity contribution in [2.24, 2.45) is 0 Å². The predicted molar refractivity (Wildman–Crippen MR) is 94.0 cm³/mol. The van der Waals surface area contributed by atoms with E-state index >= 15 is 0 Å². The van der Waals surface area contributed by atoms with Crippen molar-refractivity contribution in [3.63, 3.8) is 0 Å². The fourth-order valence-corrected chi connectivity index (χ4v) is 4.41. The molecule has 22 heavy (non-hydrogen) atoms. The number of fused-ring (bicyclic) bond motifs is 2. The van der Waals surface area contributed by atoms with Crippen molar-refractivity contribution in [2.45, 2.75) is 37.5 Å². The number of halogens is 1. The number of ketones is 1. The molecule has 1 nitrogen and oxygen atoms in total. The van der Waals surface area contributed by atoms with Gasteiger partial charge in [0.2, 0.25) is 0 Å². The summed E-state index contributed by atoms with van der Waals surface area (Å²) in [6.45, 7) is 0. The first-order chi connectivity index (χ1) is 10.8. The predicted octanol–water partition coefficient (Wildman–Crippen LogP) is 5.69. The van der Waals surface area contributed by atoms with Crippen LogP contribution < -0.4 is 0 Å². The SMILES string of the molecule is O=C(CBr)c1ccc(-c2ccc3cc2C2CCC3CC2)cc1. The van der Waals surface area contributed by atoms with Gasteiger partial charge in [-0.25, -0.2) is 0 Å². The Morgan fingerprint density at radius 2 is 1.64 bits per heavy atom. The fourth-order valence-electron chi connectivity index (χ4n) is 4.09. The number of rotatable bonds is 3. The van der Waals surface area contributed by atoms with Gasteiger partial charge in [0.25, 0.3) is 0 Å². The average molecular weight is 355 g/mol. The van der Waals surface area contributed by atoms with Crippen molar-refractivity contribution < 1.29 is 4.79 Å². The molecular weight excluding hydrogens is 336 g/mol. The van der Waals surface area contributed by atoms with Gasteiger partial charge >= 0.3 is 0 Å². The van der Waals surface area contributed by atoms with Gasteiger partial charge in [0.15, 0.2) is 5.78 Å². The standard InChI is InChI=1S/C20H19BrO/c21-12-20(22)16-7-5-14(6-8-16)18-10-9-17-11-19(18)15-3-1-13(17)2-4-15/h5-11,13,15H,1-4,12H2. The molecule has 0 aromatic heterocycles. The Morgan fingerprint density at radius 1 is 0.955 bits per heavy atom. The molecule has 1 fully saturated rings. The first-order valence-electron chi connectivity index (χ1n) is 8.09. The lowest BCUT2D eigenvalue weighted by atomic mass is 9.80. The molecule has 5 rings (SSSR count). The molecule has 0 unspecified atom stereocenters. The minimum absolute atomic E-state index is 0.138. The van der Waals surface area contributed by atoms with Crippen molar-refractivity contribution in [3.05, 3.63) is 59.2 Å². The number of alkyl halides is 1. The van der Waals surface area contributed by atoms with Gasteiger partial charge < -0.3 is 0 Å². The molecular formula is C20H19BrO. The molecule has 0 saturated heterocycles. The zero-order chi connectivity index (χ0) is 15.1. The summed E-state index contributed by atoms with van der Waals surface area (Å²) in [6, 6.07) is 15.2. The minimum atomic E-state index is 0.138. The molecule has 0 N–H and O–H groups in total. The highest BCUT2D eigenvalue weighted by molar-refractivity contribution is 9.09. The van der Waals surface area contributed by atoms with Crippen LogP contribution in [-0.2, 0) is 0 Å². The van der Waals surface area contributed by atoms with Gasteiger partial charge in [0.1, 0.15) is 0 Å². The second-order valence-electron chi connectivity index (χ2n) is 6.53. The molecule has 0 spiro atoms. The van der Waals surface area contributed by atoms with Gasteiger partial charge in [-0.3, -0.25) is 4.79 Å². The third kappa shape index (κ3) is 2.34. The zero-order valence-corrected chi connectivity index (χ0v) is 14.1. The maximum absolute atomic E-state index is 11.7. The molecule has 0 radical (unpaired) electrons. The third-order valence-corrected chi connectivity index (χ3v) is 5.86. The van der Waals surface area contributed by atoms with Gasteiger partial charge in [0.05, 0.1) is 5.33 Å². The summed E-state index contributed by atoms with van der Waals surface area (Å²) in [6.07, 6.45) is 5.34. The zero-order valence-electron chi connectivity index (χ0n) is 12.5. The Hall–Kier alpha value is -1.41. The van der Waals surface area contributed by atoms with Crippen LogP contribution in [0.15, 0.2) is 42.5 Å². The second-order valence-corrected chi connectivity index (χ2v) is 7.09. The molecule has 4 bridgehead atoms. The fraction of sp³-hybridized carbons (Fsp3) is 0.350. The summed E-state index contributed by atoms with van der Waals surface area (Å²) < 4.78 is 0. The van der Waals surface area contributed by atoms with Crippen LogP contribution in [0.5, 0.6) is 0 Å². The summed E-state index contributed by atoms with van der Waals surface area (Å²) in [5, 5.41) is 0.385. The van der Waals surface area contributed by atoms with Crippen molar-refractivity contribution in [2.75, 3.05) is 5.33 Å². The molecule has 3 aliphatic carbocycles. The number of hydrogen-bond acceptors (Lipinski definition) is 1. The molecule has 1 saturated carbocycles. The van der Waals surface area contributed by atoms with E-state index in [1.807, 2.05) is 12.1 Å². The molecule has 112 valence electrons. The summed E-state index contributed by atoms with van der Waals surface area (Å²) in [4.78, 5) is 11.7. The Morgan fingerprint density at radius 3 is 2.32 bits per heavy atom. The highest BCUT2D eigenvalue weighted by Crippen LogP contribution is 2.47. The summed E-state index contributed by atoms with van der Waals surface area (Å²) >= 11 is 3.23. The van der Waals surface area contributed by atoms with Crippen molar-refractivity contribution >= 4 is 21.7 Å². The van der Waals surface area contributed by atoms with E-state index in [1.54, 1.807) is 0 Å². The second kappa shape index (κ2) is 5.66. The molecule has 0 atom stereocenters. The van der Waals surface area contributed by atoms with Crippen LogP contribution in [0.4, 0.5) is 0 Å². The maximum Gasteiger partial charge on any atom is 0.173 e. The number of carbonyl (C=O) groups is 1. The molecule has 2 aromatic carbocycles. The normalized spacial score (nSPS) is 22.4. The topological polar surface area (TPSA) is 17.1 Å². The third-order valence-electron chi connectivity index (χ3n) is 5.35. The van der Waals surface area contributed by atoms with E-state index < -0.39 is 0 Å². The van der Waals surface area contributed by atoms with Crippen molar-refractivity contribution in [1.29, 1.82) is 0 Å². The molecule has 2 aromatic rings. The Balaban J connectivity index is 1.75. The average Bonchev–Trinajstić information content (AvgIpc) is 2.81. The van der Waals surface area contributed by atoms with Crippen LogP contribution in [-0.4, -0.2) is 11.1 Å². The summed E-state index contributed by atoms with van der Waals surface area (Å²) in [5.41, 5.74) is 6.43. The quantitative estimate of drug-likeness (QED) is 0.511. The Labute approximate surface area is 139 Å². The van der Waals surface area contributed by atoms with Crippen molar-refractivity contribution in [1.82, 2.24) is 0 Å². The van der Waals surface area contributed by atoms with Crippen LogP contribution in [0, 0.1) is 0 Å². The van der Waals surface area contributed by atoms with E-state index in [2.05, 4.69) is 46.3 Å². The van der Waals surface area contributed by atoms with Crippen LogP contribution in [0.2, 0.25) is 0 Å². The van der Waals surface area contributed by atoms with Gasteiger partial charge in [-0.1, -0.05) is 58.4 Å². The number of carbonyl (C=O) groups excluding carboxylic acids is 1. The van der Waals surface area contributed by atoms with Crippen molar-refractivity contribution in [3.8, 4) is 11.1 Å². The first-order valence-corrected chi connectivity index (χ1v) is 9.22. The summed E-state index contributed by atoms with van der Waals surface area (Å²) in [5.74, 6) is 1.64. The largest absolute Gasteiger partial charge is 0.293 e. The lowest BCUT2D eigenvalue weighted by Gasteiger charge is -2.24. The lowest BCUT2D eigenvalue weighted by molar-refractivity contribution is 0.102. The van der Waals surface area contributed by atoms with Crippen LogP contribution in [0.1, 0.15) is 59.0 Å². The van der Waals surface area contributed by atoms with E-state index in [0.717, 1.165) is 17.4 Å². The van der Waals surface area contributed by atoms with E-state index in [9.17, 15) is 4.79 Å². The van der Waals surface area contributed by atoms with E-state index in [-0.39, 0.29) is 5.78 Å². The highest BCUT2D eigenvalue weighted by atomic mass is 79.9. The van der Waals surface area contributed by atoms with Gasteiger partial charge in [0, 0.05) is 5.56 Å². The van der Waals surface area contributed by atoms with Crippen LogP contribution >= 0.6 is 15.9 Å². The molecule has 3 aliphatic rings. The maximum atomic E-state index is 11.7. The number of hydrogen-bond donors (Lipinski definition) is 0. The van der Waals surface area contributed by atoms with E-state index in [4.69, 9.17) is 0 Å². The number of Topliss-reactive ketones (excluding diaryl/α,β-unsaturated/α-hetero) is 1. The molecule has 0 heterocycles. The van der Waals surface area contributed by atoms with E-state index in [0.29, 0.717) is 5.33 Å². The van der Waals surface area contributed by atoms with Gasteiger partial charge in [-0.05, 0) is 59.8 Å². The molecule has 0 aliphatic heterocycles. The monoisotopic (exact) mass is 354 g/mol. The van der Waals surface area contributed by atoms with Gasteiger partial charge in [-0.2, -0.15) is 0 Å². The number of benzene rings is 2. The van der Waals surface area contributed by atoms with Crippen LogP contribution in [0.3, 0.4) is 0 Å². The van der Waals surface area contributed by atoms with Gasteiger partial charge in [-0.15, -0.1) is 0 Å². The highest BCUT2D eigenvalue weighted by Gasteiger charge is 2.29. The lowest BCUT2D eigenvalue weighted by Crippen LogP contribution is -2.07. The van der Waals surface area contributed by atoms with E-state index in [1.165, 1.54) is 47.9 Å². The minimum Gasteiger partial charge on any atom is -0.293 e. The molecule has 0 amide bonds. The Bertz CT molecular complexity index is 709. The first kappa shape index (κ1) is 14.2. The molecule has 2 heteroatoms. The smallest absolute Gasteiger partial charge is 0.173 e. The Kier molecular flexibility index (Phi) is 3.65. The van der Waals surface area contributed by atoms with Crippen LogP contribution in [0.25, 0.3) is 11.1 Å².